The number of nitrogens with zero attached hydrogens (tertiary/aromatic N) is 1. The third kappa shape index (κ3) is 3.37. The molecule has 0 fully saturated rings. The van der Waals surface area contributed by atoms with Crippen molar-refractivity contribution in [3.05, 3.63) is 65.7 Å². The summed E-state index contributed by atoms with van der Waals surface area (Å²) in [5.74, 6) is -0.189. The van der Waals surface area contributed by atoms with Crippen molar-refractivity contribution in [3.63, 3.8) is 0 Å². The van der Waals surface area contributed by atoms with Crippen molar-refractivity contribution in [1.82, 2.24) is 10.3 Å². The lowest BCUT2D eigenvalue weighted by Gasteiger charge is -2.16. The number of pyridine rings is 1. The smallest absolute Gasteiger partial charge is 0.123 e. The highest BCUT2D eigenvalue weighted by Crippen LogP contribution is 2.19. The summed E-state index contributed by atoms with van der Waals surface area (Å²) < 4.78 is 13.2. The van der Waals surface area contributed by atoms with Crippen LogP contribution in [-0.2, 0) is 6.42 Å². The van der Waals surface area contributed by atoms with Gasteiger partial charge in [0, 0.05) is 17.9 Å². The Hall–Kier alpha value is -1.74. The summed E-state index contributed by atoms with van der Waals surface area (Å²) in [6.07, 6.45) is 3.58. The summed E-state index contributed by atoms with van der Waals surface area (Å²) in [6.45, 7) is 0. The summed E-state index contributed by atoms with van der Waals surface area (Å²) in [5.41, 5.74) is 2.04. The van der Waals surface area contributed by atoms with Crippen molar-refractivity contribution >= 4 is 0 Å². The van der Waals surface area contributed by atoms with Gasteiger partial charge < -0.3 is 5.32 Å². The molecule has 1 atom stereocenters. The molecule has 0 aliphatic rings. The minimum absolute atomic E-state index is 0.155. The second-order valence-corrected chi connectivity index (χ2v) is 4.26. The van der Waals surface area contributed by atoms with Gasteiger partial charge in [0.05, 0.1) is 0 Å². The predicted octanol–water partition coefficient (Wildman–Crippen LogP) is 3.11. The van der Waals surface area contributed by atoms with Crippen molar-refractivity contribution in [2.24, 2.45) is 0 Å². The van der Waals surface area contributed by atoms with Crippen molar-refractivity contribution in [3.8, 4) is 0 Å². The molecule has 1 heterocycles. The van der Waals surface area contributed by atoms with Crippen LogP contribution in [0.1, 0.15) is 23.7 Å². The summed E-state index contributed by atoms with van der Waals surface area (Å²) in [6, 6.07) is 12.8. The Labute approximate surface area is 107 Å². The molecule has 0 saturated carbocycles. The lowest BCUT2D eigenvalue weighted by Crippen LogP contribution is -2.17. The first kappa shape index (κ1) is 12.7. The van der Waals surface area contributed by atoms with Crippen molar-refractivity contribution in [2.45, 2.75) is 18.9 Å². The van der Waals surface area contributed by atoms with E-state index in [9.17, 15) is 4.39 Å². The highest BCUT2D eigenvalue weighted by Gasteiger charge is 2.10. The van der Waals surface area contributed by atoms with Gasteiger partial charge in [-0.15, -0.1) is 0 Å². The number of halogens is 1. The molecule has 1 aromatic carbocycles. The average Bonchev–Trinajstić information content (AvgIpc) is 2.41. The van der Waals surface area contributed by atoms with Gasteiger partial charge in [-0.25, -0.2) is 4.39 Å². The van der Waals surface area contributed by atoms with Crippen LogP contribution in [0.4, 0.5) is 4.39 Å². The normalized spacial score (nSPS) is 12.3. The van der Waals surface area contributed by atoms with Gasteiger partial charge in [-0.1, -0.05) is 18.2 Å². The highest BCUT2D eigenvalue weighted by molar-refractivity contribution is 5.20. The van der Waals surface area contributed by atoms with Crippen LogP contribution in [0.25, 0.3) is 0 Å². The van der Waals surface area contributed by atoms with Crippen LogP contribution in [0.5, 0.6) is 0 Å². The zero-order valence-corrected chi connectivity index (χ0v) is 10.4. The Morgan fingerprint density at radius 1 is 1.22 bits per heavy atom. The Balaban J connectivity index is 2.02. The van der Waals surface area contributed by atoms with Gasteiger partial charge in [-0.3, -0.25) is 4.98 Å². The quantitative estimate of drug-likeness (QED) is 0.874. The fourth-order valence-corrected chi connectivity index (χ4v) is 2.04. The zero-order chi connectivity index (χ0) is 12.8. The molecule has 94 valence electrons. The van der Waals surface area contributed by atoms with Crippen LogP contribution >= 0.6 is 0 Å². The van der Waals surface area contributed by atoms with Crippen LogP contribution in [0, 0.1) is 5.82 Å². The first-order chi connectivity index (χ1) is 8.79. The topological polar surface area (TPSA) is 24.9 Å². The van der Waals surface area contributed by atoms with E-state index in [1.165, 1.54) is 6.07 Å². The number of hydrogen-bond acceptors (Lipinski definition) is 2. The van der Waals surface area contributed by atoms with Crippen molar-refractivity contribution in [2.75, 3.05) is 7.05 Å². The molecule has 0 aliphatic carbocycles. The lowest BCUT2D eigenvalue weighted by atomic mass is 10.0. The monoisotopic (exact) mass is 244 g/mol. The minimum atomic E-state index is -0.189. The molecule has 0 radical (unpaired) electrons. The molecule has 1 N–H and O–H groups in total. The van der Waals surface area contributed by atoms with E-state index >= 15 is 0 Å². The number of benzene rings is 1. The van der Waals surface area contributed by atoms with E-state index in [1.807, 2.05) is 31.3 Å². The van der Waals surface area contributed by atoms with E-state index in [-0.39, 0.29) is 11.9 Å². The van der Waals surface area contributed by atoms with Gasteiger partial charge in [0.25, 0.3) is 0 Å². The van der Waals surface area contributed by atoms with E-state index in [4.69, 9.17) is 0 Å². The maximum atomic E-state index is 13.2. The Bertz CT molecular complexity index is 485. The summed E-state index contributed by atoms with van der Waals surface area (Å²) in [7, 11) is 1.90. The van der Waals surface area contributed by atoms with Crippen molar-refractivity contribution < 1.29 is 4.39 Å². The first-order valence-corrected chi connectivity index (χ1v) is 6.12. The molecule has 0 spiro atoms. The molecular formula is C15H17FN2. The maximum Gasteiger partial charge on any atom is 0.123 e. The van der Waals surface area contributed by atoms with Crippen molar-refractivity contribution in [1.29, 1.82) is 0 Å². The van der Waals surface area contributed by atoms with Gasteiger partial charge in [-0.05, 0) is 49.7 Å². The molecule has 2 rings (SSSR count). The lowest BCUT2D eigenvalue weighted by molar-refractivity contribution is 0.539. The molecule has 1 unspecified atom stereocenters. The van der Waals surface area contributed by atoms with Gasteiger partial charge in [0.1, 0.15) is 5.82 Å². The fourth-order valence-electron chi connectivity index (χ4n) is 2.04. The van der Waals surface area contributed by atoms with Crippen LogP contribution in [-0.4, -0.2) is 12.0 Å². The second kappa shape index (κ2) is 6.26. The number of rotatable bonds is 5. The predicted molar refractivity (Wildman–Crippen MR) is 70.8 cm³/mol. The Morgan fingerprint density at radius 2 is 2.11 bits per heavy atom. The molecule has 2 aromatic rings. The fraction of sp³-hybridized carbons (Fsp3) is 0.267. The highest BCUT2D eigenvalue weighted by atomic mass is 19.1. The molecular weight excluding hydrogens is 227 g/mol. The van der Waals surface area contributed by atoms with Crippen LogP contribution in [0.3, 0.4) is 0 Å². The van der Waals surface area contributed by atoms with E-state index in [0.29, 0.717) is 0 Å². The third-order valence-corrected chi connectivity index (χ3v) is 3.01. The zero-order valence-electron chi connectivity index (χ0n) is 10.4. The van der Waals surface area contributed by atoms with Crippen LogP contribution in [0.2, 0.25) is 0 Å². The van der Waals surface area contributed by atoms with E-state index in [1.54, 1.807) is 18.3 Å². The molecule has 1 aromatic heterocycles. The molecule has 0 aliphatic heterocycles. The number of aromatic nitrogens is 1. The standard InChI is InChI=1S/C15H17FN2/c1-17-15(12-5-4-6-13(16)11-12)9-8-14-7-2-3-10-18-14/h2-7,10-11,15,17H,8-9H2,1H3. The van der Waals surface area contributed by atoms with Gasteiger partial charge in [0.2, 0.25) is 0 Å². The SMILES string of the molecule is CNC(CCc1ccccn1)c1cccc(F)c1. The van der Waals surface area contributed by atoms with Gasteiger partial charge in [-0.2, -0.15) is 0 Å². The average molecular weight is 244 g/mol. The minimum Gasteiger partial charge on any atom is -0.313 e. The summed E-state index contributed by atoms with van der Waals surface area (Å²) >= 11 is 0. The Morgan fingerprint density at radius 3 is 2.78 bits per heavy atom. The van der Waals surface area contributed by atoms with Gasteiger partial charge >= 0.3 is 0 Å². The maximum absolute atomic E-state index is 13.2. The van der Waals surface area contributed by atoms with E-state index < -0.39 is 0 Å². The molecule has 3 heteroatoms. The summed E-state index contributed by atoms with van der Waals surface area (Å²) in [5, 5.41) is 3.22. The molecule has 18 heavy (non-hydrogen) atoms. The number of hydrogen-bond donors (Lipinski definition) is 1. The van der Waals surface area contributed by atoms with E-state index in [2.05, 4.69) is 10.3 Å². The van der Waals surface area contributed by atoms with Crippen LogP contribution < -0.4 is 5.32 Å². The number of nitrogens with one attached hydrogen (secondary N) is 1. The second-order valence-electron chi connectivity index (χ2n) is 4.26. The van der Waals surface area contributed by atoms with Gasteiger partial charge in [0.15, 0.2) is 0 Å². The first-order valence-electron chi connectivity index (χ1n) is 6.12. The van der Waals surface area contributed by atoms with E-state index in [0.717, 1.165) is 24.1 Å². The third-order valence-electron chi connectivity index (χ3n) is 3.01. The summed E-state index contributed by atoms with van der Waals surface area (Å²) in [4.78, 5) is 4.29. The Kier molecular flexibility index (Phi) is 4.42. The molecule has 0 saturated heterocycles. The number of aryl methyl sites for hydroxylation is 1. The molecule has 2 nitrogen and oxygen atoms in total. The molecule has 0 bridgehead atoms. The molecule has 0 amide bonds. The largest absolute Gasteiger partial charge is 0.313 e. The van der Waals surface area contributed by atoms with Crippen LogP contribution in [0.15, 0.2) is 48.7 Å².